The zero-order valence-corrected chi connectivity index (χ0v) is 17.0. The van der Waals surface area contributed by atoms with Crippen molar-refractivity contribution in [3.05, 3.63) is 52.8 Å². The molecule has 0 saturated carbocycles. The van der Waals surface area contributed by atoms with E-state index in [1.807, 2.05) is 18.2 Å². The fraction of sp³-hybridized carbons (Fsp3) is 0.200. The van der Waals surface area contributed by atoms with Gasteiger partial charge in [0.15, 0.2) is 16.7 Å². The SMILES string of the molecule is CC(Sc1nnc2n(C)c(=O)c3ccccc3n12)C(=O)Nc1ccc2c(c1)OCO2. The second kappa shape index (κ2) is 7.06. The van der Waals surface area contributed by atoms with Crippen LogP contribution in [0.25, 0.3) is 16.7 Å². The van der Waals surface area contributed by atoms with E-state index in [4.69, 9.17) is 9.47 Å². The van der Waals surface area contributed by atoms with Crippen molar-refractivity contribution in [1.29, 1.82) is 0 Å². The van der Waals surface area contributed by atoms with Gasteiger partial charge in [-0.25, -0.2) is 0 Å². The predicted molar refractivity (Wildman–Crippen MR) is 112 cm³/mol. The minimum absolute atomic E-state index is 0.143. The number of carbonyl (C=O) groups excluding carboxylic acids is 1. The second-order valence-corrected chi connectivity index (χ2v) is 8.12. The van der Waals surface area contributed by atoms with Gasteiger partial charge in [0.1, 0.15) is 0 Å². The number of anilines is 1. The highest BCUT2D eigenvalue weighted by atomic mass is 32.2. The van der Waals surface area contributed by atoms with E-state index >= 15 is 0 Å². The van der Waals surface area contributed by atoms with Crippen molar-refractivity contribution in [3.63, 3.8) is 0 Å². The number of nitrogens with one attached hydrogen (secondary N) is 1. The molecule has 1 amide bonds. The molecule has 10 heteroatoms. The Labute approximate surface area is 174 Å². The maximum atomic E-state index is 12.7. The first kappa shape index (κ1) is 18.5. The van der Waals surface area contributed by atoms with E-state index in [-0.39, 0.29) is 18.3 Å². The molecule has 1 atom stereocenters. The summed E-state index contributed by atoms with van der Waals surface area (Å²) in [6.07, 6.45) is 0. The number of fused-ring (bicyclic) bond motifs is 4. The molecule has 1 aliphatic rings. The standard InChI is InChI=1S/C20H17N5O4S/c1-11(17(26)21-12-7-8-15-16(9-12)29-10-28-15)30-20-23-22-19-24(2)18(27)13-5-3-4-6-14(13)25(19)20/h3-9,11H,10H2,1-2H3,(H,21,26). The maximum Gasteiger partial charge on any atom is 0.262 e. The minimum atomic E-state index is -0.459. The molecule has 0 bridgehead atoms. The number of thioether (sulfide) groups is 1. The van der Waals surface area contributed by atoms with Crippen LogP contribution in [0.5, 0.6) is 11.5 Å². The first-order valence-corrected chi connectivity index (χ1v) is 10.1. The molecule has 152 valence electrons. The number of carbonyl (C=O) groups is 1. The molecular formula is C20H17N5O4S. The van der Waals surface area contributed by atoms with Crippen molar-refractivity contribution in [2.75, 3.05) is 12.1 Å². The van der Waals surface area contributed by atoms with Crippen LogP contribution < -0.4 is 20.3 Å². The fourth-order valence-electron chi connectivity index (χ4n) is 3.32. The first-order valence-electron chi connectivity index (χ1n) is 9.23. The number of ether oxygens (including phenoxy) is 2. The van der Waals surface area contributed by atoms with E-state index in [2.05, 4.69) is 15.5 Å². The molecule has 1 unspecified atom stereocenters. The molecule has 0 aliphatic carbocycles. The topological polar surface area (TPSA) is 99.8 Å². The van der Waals surface area contributed by atoms with Gasteiger partial charge < -0.3 is 14.8 Å². The molecule has 0 radical (unpaired) electrons. The van der Waals surface area contributed by atoms with Gasteiger partial charge in [-0.2, -0.15) is 0 Å². The number of hydrogen-bond donors (Lipinski definition) is 1. The Kier molecular flexibility index (Phi) is 4.35. The number of aromatic nitrogens is 4. The number of hydrogen-bond acceptors (Lipinski definition) is 7. The highest BCUT2D eigenvalue weighted by Gasteiger charge is 2.22. The highest BCUT2D eigenvalue weighted by Crippen LogP contribution is 2.34. The van der Waals surface area contributed by atoms with E-state index in [1.165, 1.54) is 16.3 Å². The van der Waals surface area contributed by atoms with Crippen LogP contribution in [0.2, 0.25) is 0 Å². The number of rotatable bonds is 4. The summed E-state index contributed by atoms with van der Waals surface area (Å²) < 4.78 is 13.9. The van der Waals surface area contributed by atoms with Gasteiger partial charge in [0.2, 0.25) is 18.5 Å². The summed E-state index contributed by atoms with van der Waals surface area (Å²) in [4.78, 5) is 25.3. The zero-order chi connectivity index (χ0) is 20.8. The second-order valence-electron chi connectivity index (χ2n) is 6.82. The molecular weight excluding hydrogens is 406 g/mol. The highest BCUT2D eigenvalue weighted by molar-refractivity contribution is 8.00. The summed E-state index contributed by atoms with van der Waals surface area (Å²) in [5, 5.41) is 11.9. The third-order valence-corrected chi connectivity index (χ3v) is 5.93. The Morgan fingerprint density at radius 2 is 1.97 bits per heavy atom. The van der Waals surface area contributed by atoms with Crippen LogP contribution in [0.3, 0.4) is 0 Å². The lowest BCUT2D eigenvalue weighted by Gasteiger charge is -2.12. The molecule has 2 aromatic carbocycles. The van der Waals surface area contributed by atoms with E-state index in [0.29, 0.717) is 39.0 Å². The number of aryl methyl sites for hydroxylation is 1. The van der Waals surface area contributed by atoms with Crippen LogP contribution in [0.4, 0.5) is 5.69 Å². The van der Waals surface area contributed by atoms with Crippen LogP contribution in [0, 0.1) is 0 Å². The van der Waals surface area contributed by atoms with Gasteiger partial charge in [-0.3, -0.25) is 18.6 Å². The van der Waals surface area contributed by atoms with Crippen LogP contribution in [-0.2, 0) is 11.8 Å². The number of para-hydroxylation sites is 1. The summed E-state index contributed by atoms with van der Waals surface area (Å²) in [5.74, 6) is 1.49. The zero-order valence-electron chi connectivity index (χ0n) is 16.2. The Morgan fingerprint density at radius 3 is 2.83 bits per heavy atom. The van der Waals surface area contributed by atoms with Gasteiger partial charge in [0.05, 0.1) is 16.2 Å². The first-order chi connectivity index (χ1) is 14.5. The van der Waals surface area contributed by atoms with Gasteiger partial charge in [-0.1, -0.05) is 23.9 Å². The summed E-state index contributed by atoms with van der Waals surface area (Å²) in [6.45, 7) is 1.97. The quantitative estimate of drug-likeness (QED) is 0.503. The number of benzene rings is 2. The van der Waals surface area contributed by atoms with E-state index in [9.17, 15) is 9.59 Å². The maximum absolute atomic E-state index is 12.7. The lowest BCUT2D eigenvalue weighted by Crippen LogP contribution is -2.23. The number of amides is 1. The van der Waals surface area contributed by atoms with Gasteiger partial charge in [0.25, 0.3) is 5.56 Å². The van der Waals surface area contributed by atoms with Gasteiger partial charge in [-0.15, -0.1) is 10.2 Å². The van der Waals surface area contributed by atoms with Gasteiger partial charge >= 0.3 is 0 Å². The molecule has 2 aromatic heterocycles. The third kappa shape index (κ3) is 2.96. The smallest absolute Gasteiger partial charge is 0.262 e. The van der Waals surface area contributed by atoms with Crippen molar-refractivity contribution in [2.45, 2.75) is 17.3 Å². The van der Waals surface area contributed by atoms with Crippen molar-refractivity contribution in [2.24, 2.45) is 7.05 Å². The van der Waals surface area contributed by atoms with Gasteiger partial charge in [0, 0.05) is 18.8 Å². The van der Waals surface area contributed by atoms with Crippen molar-refractivity contribution < 1.29 is 14.3 Å². The van der Waals surface area contributed by atoms with Crippen LogP contribution in [0.1, 0.15) is 6.92 Å². The molecule has 0 spiro atoms. The monoisotopic (exact) mass is 423 g/mol. The molecule has 1 aliphatic heterocycles. The molecule has 4 aromatic rings. The van der Waals surface area contributed by atoms with Crippen molar-refractivity contribution >= 4 is 40.0 Å². The molecule has 0 saturated heterocycles. The predicted octanol–water partition coefficient (Wildman–Crippen LogP) is 2.43. The Hall–Kier alpha value is -3.53. The van der Waals surface area contributed by atoms with Gasteiger partial charge in [-0.05, 0) is 31.2 Å². The molecule has 3 heterocycles. The summed E-state index contributed by atoms with van der Waals surface area (Å²) in [6, 6.07) is 12.5. The average molecular weight is 423 g/mol. The fourth-order valence-corrected chi connectivity index (χ4v) is 4.17. The normalized spacial score (nSPS) is 13.7. The van der Waals surface area contributed by atoms with Crippen molar-refractivity contribution in [1.82, 2.24) is 19.2 Å². The van der Waals surface area contributed by atoms with Crippen LogP contribution >= 0.6 is 11.8 Å². The van der Waals surface area contributed by atoms with E-state index in [0.717, 1.165) is 0 Å². The summed E-state index contributed by atoms with van der Waals surface area (Å²) in [5.41, 5.74) is 1.18. The Bertz CT molecular complexity index is 1360. The average Bonchev–Trinajstić information content (AvgIpc) is 3.38. The molecule has 0 fully saturated rings. The van der Waals surface area contributed by atoms with E-state index in [1.54, 1.807) is 42.6 Å². The molecule has 1 N–H and O–H groups in total. The Balaban J connectivity index is 1.44. The van der Waals surface area contributed by atoms with Crippen LogP contribution in [0.15, 0.2) is 52.4 Å². The van der Waals surface area contributed by atoms with Crippen molar-refractivity contribution in [3.8, 4) is 11.5 Å². The Morgan fingerprint density at radius 1 is 1.17 bits per heavy atom. The molecule has 30 heavy (non-hydrogen) atoms. The third-order valence-electron chi connectivity index (χ3n) is 4.89. The summed E-state index contributed by atoms with van der Waals surface area (Å²) >= 11 is 1.27. The summed E-state index contributed by atoms with van der Waals surface area (Å²) in [7, 11) is 1.66. The molecule has 9 nitrogen and oxygen atoms in total. The van der Waals surface area contributed by atoms with Crippen LogP contribution in [-0.4, -0.2) is 37.1 Å². The number of nitrogens with zero attached hydrogens (tertiary/aromatic N) is 4. The van der Waals surface area contributed by atoms with E-state index < -0.39 is 5.25 Å². The largest absolute Gasteiger partial charge is 0.454 e. The lowest BCUT2D eigenvalue weighted by atomic mass is 10.2. The minimum Gasteiger partial charge on any atom is -0.454 e. The molecule has 5 rings (SSSR count). The lowest BCUT2D eigenvalue weighted by molar-refractivity contribution is -0.115.